The molecule has 1 amide bonds. The van der Waals surface area contributed by atoms with Crippen LogP contribution in [-0.4, -0.2) is 34.8 Å². The second-order valence-corrected chi connectivity index (χ2v) is 7.77. The molecule has 0 radical (unpaired) electrons. The minimum absolute atomic E-state index is 0.197. The third-order valence-electron chi connectivity index (χ3n) is 5.16. The van der Waals surface area contributed by atoms with Gasteiger partial charge in [0.1, 0.15) is 5.01 Å². The summed E-state index contributed by atoms with van der Waals surface area (Å²) in [5.74, 6) is -0.836. The van der Waals surface area contributed by atoms with Gasteiger partial charge in [0.05, 0.1) is 34.2 Å². The fraction of sp³-hybridized carbons (Fsp3) is 0.250. The number of carbonyl (C=O) groups is 2. The van der Waals surface area contributed by atoms with Crippen molar-refractivity contribution in [3.05, 3.63) is 59.1 Å². The van der Waals surface area contributed by atoms with Crippen molar-refractivity contribution >= 4 is 38.9 Å². The maximum atomic E-state index is 12.5. The molecule has 0 saturated carbocycles. The molecule has 2 aliphatic rings. The smallest absolute Gasteiger partial charge is 0.291 e. The molecule has 1 aromatic heterocycles. The molecule has 2 aromatic carbocycles. The van der Waals surface area contributed by atoms with Crippen molar-refractivity contribution in [2.45, 2.75) is 18.9 Å². The summed E-state index contributed by atoms with van der Waals surface area (Å²) in [5.41, 5.74) is 2.25. The van der Waals surface area contributed by atoms with Gasteiger partial charge in [0.25, 0.3) is 5.78 Å². The van der Waals surface area contributed by atoms with Crippen molar-refractivity contribution in [2.24, 2.45) is 0 Å². The normalized spacial score (nSPS) is 20.3. The van der Waals surface area contributed by atoms with Crippen LogP contribution in [0.25, 0.3) is 10.2 Å². The summed E-state index contributed by atoms with van der Waals surface area (Å²) >= 11 is 1.72. The van der Waals surface area contributed by atoms with Gasteiger partial charge in [0, 0.05) is 6.54 Å². The van der Waals surface area contributed by atoms with Gasteiger partial charge in [0.15, 0.2) is 0 Å². The number of benzene rings is 2. The van der Waals surface area contributed by atoms with Gasteiger partial charge >= 0.3 is 5.91 Å². The van der Waals surface area contributed by atoms with Gasteiger partial charge in [0.2, 0.25) is 0 Å². The third-order valence-corrected chi connectivity index (χ3v) is 6.30. The average Bonchev–Trinajstić information content (AvgIpc) is 3.35. The number of likely N-dealkylation sites (tertiary alicyclic amines) is 1. The lowest BCUT2D eigenvalue weighted by atomic mass is 10.1. The molecule has 3 heterocycles. The Morgan fingerprint density at radius 1 is 1.08 bits per heavy atom. The first kappa shape index (κ1) is 15.7. The highest BCUT2D eigenvalue weighted by Gasteiger charge is 2.38. The standard InChI is InChI=1S/C20H17N3O2S/c24-18-13-6-1-3-8-15(13)23(20(18)25)12-22-11-5-9-16(22)19-21-14-7-2-4-10-17(14)26-19/h1-4,6-8,10,16H,5,9,11-12H2/t16-/m0/s1. The van der Waals surface area contributed by atoms with Crippen molar-refractivity contribution < 1.29 is 9.59 Å². The lowest BCUT2D eigenvalue weighted by Gasteiger charge is -2.28. The second kappa shape index (κ2) is 6.00. The first-order valence-electron chi connectivity index (χ1n) is 8.77. The SMILES string of the molecule is O=C1C(=O)N(CN2CCC[C@H]2c2nc3ccccc3s2)c2ccccc21. The number of para-hydroxylation sites is 2. The van der Waals surface area contributed by atoms with Crippen molar-refractivity contribution in [1.82, 2.24) is 9.88 Å². The number of hydrogen-bond donors (Lipinski definition) is 0. The Kier molecular flexibility index (Phi) is 3.62. The zero-order valence-electron chi connectivity index (χ0n) is 14.1. The molecule has 130 valence electrons. The molecule has 0 bridgehead atoms. The van der Waals surface area contributed by atoms with Crippen LogP contribution in [0.4, 0.5) is 5.69 Å². The van der Waals surface area contributed by atoms with Crippen molar-refractivity contribution in [3.63, 3.8) is 0 Å². The van der Waals surface area contributed by atoms with E-state index in [4.69, 9.17) is 4.98 Å². The zero-order chi connectivity index (χ0) is 17.7. The quantitative estimate of drug-likeness (QED) is 0.667. The summed E-state index contributed by atoms with van der Waals surface area (Å²) in [4.78, 5) is 33.4. The Hall–Kier alpha value is -2.57. The molecule has 1 atom stereocenters. The van der Waals surface area contributed by atoms with Crippen LogP contribution >= 0.6 is 11.3 Å². The molecular formula is C20H17N3O2S. The molecular weight excluding hydrogens is 346 g/mol. The molecule has 0 aliphatic carbocycles. The summed E-state index contributed by atoms with van der Waals surface area (Å²) in [5, 5.41) is 1.09. The predicted octanol–water partition coefficient (Wildman–Crippen LogP) is 3.62. The fourth-order valence-electron chi connectivity index (χ4n) is 3.88. The van der Waals surface area contributed by atoms with E-state index in [1.807, 2.05) is 30.3 Å². The van der Waals surface area contributed by atoms with Crippen LogP contribution in [0.15, 0.2) is 48.5 Å². The Bertz CT molecular complexity index is 996. The lowest BCUT2D eigenvalue weighted by molar-refractivity contribution is -0.114. The molecule has 3 aromatic rings. The molecule has 5 rings (SSSR count). The third kappa shape index (κ3) is 2.37. The van der Waals surface area contributed by atoms with E-state index in [0.29, 0.717) is 12.2 Å². The van der Waals surface area contributed by atoms with Gasteiger partial charge in [-0.15, -0.1) is 11.3 Å². The molecule has 2 aliphatic heterocycles. The molecule has 26 heavy (non-hydrogen) atoms. The predicted molar refractivity (Wildman–Crippen MR) is 101 cm³/mol. The van der Waals surface area contributed by atoms with Gasteiger partial charge in [-0.25, -0.2) is 4.98 Å². The topological polar surface area (TPSA) is 53.5 Å². The summed E-state index contributed by atoms with van der Waals surface area (Å²) < 4.78 is 1.19. The number of carbonyl (C=O) groups excluding carboxylic acids is 2. The Morgan fingerprint density at radius 2 is 1.88 bits per heavy atom. The maximum absolute atomic E-state index is 12.5. The second-order valence-electron chi connectivity index (χ2n) is 6.71. The maximum Gasteiger partial charge on any atom is 0.300 e. The van der Waals surface area contributed by atoms with Gasteiger partial charge in [-0.1, -0.05) is 24.3 Å². The highest BCUT2D eigenvalue weighted by Crippen LogP contribution is 2.38. The number of amides is 1. The summed E-state index contributed by atoms with van der Waals surface area (Å²) in [6.45, 7) is 1.34. The summed E-state index contributed by atoms with van der Waals surface area (Å²) in [7, 11) is 0. The minimum Gasteiger partial charge on any atom is -0.291 e. The number of anilines is 1. The van der Waals surface area contributed by atoms with E-state index < -0.39 is 11.7 Å². The number of rotatable bonds is 3. The molecule has 6 heteroatoms. The molecule has 0 unspecified atom stereocenters. The van der Waals surface area contributed by atoms with Crippen LogP contribution in [0, 0.1) is 0 Å². The van der Waals surface area contributed by atoms with Crippen LogP contribution in [-0.2, 0) is 4.79 Å². The van der Waals surface area contributed by atoms with E-state index in [9.17, 15) is 9.59 Å². The van der Waals surface area contributed by atoms with Crippen molar-refractivity contribution in [3.8, 4) is 0 Å². The van der Waals surface area contributed by atoms with Crippen LogP contribution in [0.3, 0.4) is 0 Å². The average molecular weight is 363 g/mol. The van der Waals surface area contributed by atoms with Gasteiger partial charge in [-0.2, -0.15) is 0 Å². The highest BCUT2D eigenvalue weighted by atomic mass is 32.1. The fourth-order valence-corrected chi connectivity index (χ4v) is 5.02. The van der Waals surface area contributed by atoms with Crippen LogP contribution in [0.1, 0.15) is 34.2 Å². The van der Waals surface area contributed by atoms with Gasteiger partial charge < -0.3 is 0 Å². The molecule has 0 N–H and O–H groups in total. The van der Waals surface area contributed by atoms with E-state index in [1.54, 1.807) is 28.4 Å². The number of fused-ring (bicyclic) bond motifs is 2. The first-order valence-corrected chi connectivity index (χ1v) is 9.59. The van der Waals surface area contributed by atoms with Crippen LogP contribution < -0.4 is 4.90 Å². The summed E-state index contributed by atoms with van der Waals surface area (Å²) in [6.07, 6.45) is 2.09. The van der Waals surface area contributed by atoms with E-state index in [1.165, 1.54) is 4.70 Å². The van der Waals surface area contributed by atoms with Gasteiger partial charge in [-0.05, 0) is 37.1 Å². The largest absolute Gasteiger partial charge is 0.300 e. The Morgan fingerprint density at radius 3 is 2.77 bits per heavy atom. The lowest BCUT2D eigenvalue weighted by Crippen LogP contribution is -2.40. The highest BCUT2D eigenvalue weighted by molar-refractivity contribution is 7.18. The molecule has 5 nitrogen and oxygen atoms in total. The van der Waals surface area contributed by atoms with Crippen LogP contribution in [0.5, 0.6) is 0 Å². The number of nitrogens with zero attached hydrogens (tertiary/aromatic N) is 3. The Balaban J connectivity index is 1.45. The number of Topliss-reactive ketones (excluding diaryl/α,β-unsaturated/α-hetero) is 1. The van der Waals surface area contributed by atoms with E-state index >= 15 is 0 Å². The van der Waals surface area contributed by atoms with Crippen LogP contribution in [0.2, 0.25) is 0 Å². The molecule has 1 saturated heterocycles. The van der Waals surface area contributed by atoms with Gasteiger partial charge in [-0.3, -0.25) is 19.4 Å². The Labute approximate surface area is 154 Å². The molecule has 1 fully saturated rings. The number of aromatic nitrogens is 1. The number of ketones is 1. The van der Waals surface area contributed by atoms with E-state index in [2.05, 4.69) is 11.0 Å². The first-order chi connectivity index (χ1) is 12.7. The number of thiazole rings is 1. The van der Waals surface area contributed by atoms with E-state index in [-0.39, 0.29) is 6.04 Å². The molecule has 0 spiro atoms. The monoisotopic (exact) mass is 363 g/mol. The van der Waals surface area contributed by atoms with Crippen molar-refractivity contribution in [1.29, 1.82) is 0 Å². The van der Waals surface area contributed by atoms with E-state index in [0.717, 1.165) is 35.6 Å². The van der Waals surface area contributed by atoms with Crippen molar-refractivity contribution in [2.75, 3.05) is 18.1 Å². The minimum atomic E-state index is -0.429. The zero-order valence-corrected chi connectivity index (χ0v) is 14.9. The summed E-state index contributed by atoms with van der Waals surface area (Å²) in [6, 6.07) is 15.6. The number of hydrogen-bond acceptors (Lipinski definition) is 5.